The highest BCUT2D eigenvalue weighted by molar-refractivity contribution is 5.81. The lowest BCUT2D eigenvalue weighted by molar-refractivity contribution is -0.151. The maximum atomic E-state index is 12.2. The number of fused-ring (bicyclic) bond motifs is 1. The smallest absolute Gasteiger partial charge is 0.408 e. The van der Waals surface area contributed by atoms with Gasteiger partial charge in [-0.2, -0.15) is 0 Å². The predicted octanol–water partition coefficient (Wildman–Crippen LogP) is 2.69. The Kier molecular flexibility index (Phi) is 4.10. The van der Waals surface area contributed by atoms with E-state index in [9.17, 15) is 19.8 Å². The molecule has 0 aromatic carbocycles. The number of carbonyl (C=O) groups excluding carboxylic acids is 1. The van der Waals surface area contributed by atoms with E-state index in [-0.39, 0.29) is 0 Å². The fraction of sp³-hybridized carbons (Fsp3) is 0.889. The third-order valence-electron chi connectivity index (χ3n) is 5.95. The second-order valence-corrected chi connectivity index (χ2v) is 9.30. The molecule has 0 heterocycles. The van der Waals surface area contributed by atoms with E-state index in [2.05, 4.69) is 5.32 Å². The van der Waals surface area contributed by atoms with Gasteiger partial charge in [-0.25, -0.2) is 9.59 Å². The maximum Gasteiger partial charge on any atom is 0.408 e. The Labute approximate surface area is 143 Å². The number of carboxylic acid groups (broad SMARTS) is 1. The molecule has 4 aliphatic rings. The average molecular weight is 339 g/mol. The summed E-state index contributed by atoms with van der Waals surface area (Å²) < 4.78 is 5.26. The summed E-state index contributed by atoms with van der Waals surface area (Å²) >= 11 is 0. The number of hydrogen-bond acceptors (Lipinski definition) is 4. The molecule has 4 bridgehead atoms. The third kappa shape index (κ3) is 3.39. The first-order valence-electron chi connectivity index (χ1n) is 8.95. The van der Waals surface area contributed by atoms with Crippen LogP contribution >= 0.6 is 0 Å². The monoisotopic (exact) mass is 339 g/mol. The van der Waals surface area contributed by atoms with Gasteiger partial charge in [-0.3, -0.25) is 0 Å². The number of hydrogen-bond donors (Lipinski definition) is 3. The Morgan fingerprint density at radius 2 is 1.88 bits per heavy atom. The SMILES string of the molecule is CC(C)(C)OC(=O)NC(C(=O)O)C12CC3CCC(O)(CC(C3)C1)C2. The molecule has 0 aromatic rings. The minimum absolute atomic E-state index is 0.354. The summed E-state index contributed by atoms with van der Waals surface area (Å²) in [6.45, 7) is 5.25. The quantitative estimate of drug-likeness (QED) is 0.735. The topological polar surface area (TPSA) is 95.9 Å². The molecule has 1 amide bonds. The molecule has 4 saturated carbocycles. The van der Waals surface area contributed by atoms with Crippen molar-refractivity contribution in [3.05, 3.63) is 0 Å². The number of amides is 1. The Morgan fingerprint density at radius 3 is 2.50 bits per heavy atom. The summed E-state index contributed by atoms with van der Waals surface area (Å²) in [5, 5.41) is 23.4. The summed E-state index contributed by atoms with van der Waals surface area (Å²) in [5.41, 5.74) is -2.03. The van der Waals surface area contributed by atoms with E-state index in [1.165, 1.54) is 0 Å². The molecule has 0 radical (unpaired) electrons. The molecule has 4 rings (SSSR count). The summed E-state index contributed by atoms with van der Waals surface area (Å²) in [6, 6.07) is -1.01. The van der Waals surface area contributed by atoms with Crippen molar-refractivity contribution in [3.8, 4) is 0 Å². The predicted molar refractivity (Wildman–Crippen MR) is 87.5 cm³/mol. The molecule has 6 nitrogen and oxygen atoms in total. The van der Waals surface area contributed by atoms with Crippen LogP contribution in [-0.2, 0) is 9.53 Å². The first-order chi connectivity index (χ1) is 11.0. The zero-order chi connectivity index (χ0) is 17.8. The van der Waals surface area contributed by atoms with Gasteiger partial charge >= 0.3 is 12.1 Å². The van der Waals surface area contributed by atoms with Gasteiger partial charge in [-0.15, -0.1) is 0 Å². The summed E-state index contributed by atoms with van der Waals surface area (Å²) in [7, 11) is 0. The summed E-state index contributed by atoms with van der Waals surface area (Å²) in [6.07, 6.45) is 4.82. The van der Waals surface area contributed by atoms with Crippen molar-refractivity contribution in [2.24, 2.45) is 17.3 Å². The maximum absolute atomic E-state index is 12.2. The van der Waals surface area contributed by atoms with Gasteiger partial charge in [-0.1, -0.05) is 0 Å². The van der Waals surface area contributed by atoms with E-state index in [0.717, 1.165) is 38.5 Å². The van der Waals surface area contributed by atoms with Crippen molar-refractivity contribution in [1.29, 1.82) is 0 Å². The second kappa shape index (κ2) is 5.61. The van der Waals surface area contributed by atoms with Crippen LogP contribution in [0.5, 0.6) is 0 Å². The average Bonchev–Trinajstić information content (AvgIpc) is 2.56. The van der Waals surface area contributed by atoms with Gasteiger partial charge in [-0.05, 0) is 77.6 Å². The number of aliphatic carboxylic acids is 1. The van der Waals surface area contributed by atoms with Crippen LogP contribution in [0, 0.1) is 17.3 Å². The van der Waals surface area contributed by atoms with E-state index >= 15 is 0 Å². The van der Waals surface area contributed by atoms with Gasteiger partial charge in [0.25, 0.3) is 0 Å². The molecular weight excluding hydrogens is 310 g/mol. The molecule has 0 aromatic heterocycles. The van der Waals surface area contributed by atoms with Gasteiger partial charge in [0.15, 0.2) is 0 Å². The number of alkyl carbamates (subject to hydrolysis) is 1. The number of nitrogens with one attached hydrogen (secondary N) is 1. The minimum atomic E-state index is -1.04. The van der Waals surface area contributed by atoms with Crippen molar-refractivity contribution >= 4 is 12.1 Å². The van der Waals surface area contributed by atoms with Crippen LogP contribution in [-0.4, -0.2) is 39.5 Å². The second-order valence-electron chi connectivity index (χ2n) is 9.30. The van der Waals surface area contributed by atoms with Crippen molar-refractivity contribution in [2.75, 3.05) is 0 Å². The van der Waals surface area contributed by atoms with Crippen LogP contribution in [0.25, 0.3) is 0 Å². The molecule has 0 saturated heterocycles. The Morgan fingerprint density at radius 1 is 1.21 bits per heavy atom. The number of aliphatic hydroxyl groups is 1. The lowest BCUT2D eigenvalue weighted by Crippen LogP contribution is -2.59. The molecule has 4 fully saturated rings. The number of carboxylic acids is 1. The highest BCUT2D eigenvalue weighted by Gasteiger charge is 2.59. The summed E-state index contributed by atoms with van der Waals surface area (Å²) in [5.74, 6) is -0.235. The number of rotatable bonds is 3. The molecule has 3 N–H and O–H groups in total. The first-order valence-corrected chi connectivity index (χ1v) is 8.95. The molecule has 6 heteroatoms. The first kappa shape index (κ1) is 17.5. The van der Waals surface area contributed by atoms with E-state index in [1.54, 1.807) is 20.8 Å². The largest absolute Gasteiger partial charge is 0.480 e. The zero-order valence-corrected chi connectivity index (χ0v) is 14.8. The van der Waals surface area contributed by atoms with Gasteiger partial charge in [0.1, 0.15) is 11.6 Å². The molecular formula is C18H29NO5. The zero-order valence-electron chi connectivity index (χ0n) is 14.8. The Bertz CT molecular complexity index is 542. The van der Waals surface area contributed by atoms with Gasteiger partial charge in [0.2, 0.25) is 0 Å². The van der Waals surface area contributed by atoms with Crippen LogP contribution in [0.15, 0.2) is 0 Å². The van der Waals surface area contributed by atoms with Crippen molar-refractivity contribution in [2.45, 2.75) is 83.0 Å². The fourth-order valence-corrected chi connectivity index (χ4v) is 5.56. The molecule has 136 valence electrons. The molecule has 24 heavy (non-hydrogen) atoms. The molecule has 0 spiro atoms. The van der Waals surface area contributed by atoms with E-state index in [0.29, 0.717) is 18.3 Å². The third-order valence-corrected chi connectivity index (χ3v) is 5.95. The van der Waals surface area contributed by atoms with Gasteiger partial charge in [0.05, 0.1) is 5.60 Å². The number of ether oxygens (including phenoxy) is 1. The standard InChI is InChI=1S/C18H29NO5/c1-16(2,3)24-15(22)19-13(14(20)21)17-7-11-4-5-18(23,10-17)9-12(6-11)8-17/h11-13,23H,4-10H2,1-3H3,(H,19,22)(H,20,21). The number of carbonyl (C=O) groups is 2. The van der Waals surface area contributed by atoms with Crippen molar-refractivity contribution < 1.29 is 24.5 Å². The van der Waals surface area contributed by atoms with E-state index in [1.807, 2.05) is 0 Å². The molecule has 0 aliphatic heterocycles. The van der Waals surface area contributed by atoms with E-state index < -0.39 is 34.7 Å². The van der Waals surface area contributed by atoms with Crippen LogP contribution in [0.4, 0.5) is 4.79 Å². The molecule has 5 atom stereocenters. The normalized spacial score (nSPS) is 39.2. The lowest BCUT2D eigenvalue weighted by Gasteiger charge is -2.53. The molecule has 5 unspecified atom stereocenters. The van der Waals surface area contributed by atoms with Crippen LogP contribution < -0.4 is 5.32 Å². The highest BCUT2D eigenvalue weighted by Crippen LogP contribution is 2.60. The highest BCUT2D eigenvalue weighted by atomic mass is 16.6. The fourth-order valence-electron chi connectivity index (χ4n) is 5.56. The summed E-state index contributed by atoms with van der Waals surface area (Å²) in [4.78, 5) is 24.2. The van der Waals surface area contributed by atoms with Gasteiger partial charge in [0, 0.05) is 5.41 Å². The van der Waals surface area contributed by atoms with Crippen molar-refractivity contribution in [1.82, 2.24) is 5.32 Å². The van der Waals surface area contributed by atoms with E-state index in [4.69, 9.17) is 4.74 Å². The Hall–Kier alpha value is -1.30. The van der Waals surface area contributed by atoms with Crippen molar-refractivity contribution in [3.63, 3.8) is 0 Å². The van der Waals surface area contributed by atoms with Crippen LogP contribution in [0.2, 0.25) is 0 Å². The van der Waals surface area contributed by atoms with Crippen LogP contribution in [0.3, 0.4) is 0 Å². The van der Waals surface area contributed by atoms with Crippen LogP contribution in [0.1, 0.15) is 65.7 Å². The minimum Gasteiger partial charge on any atom is -0.480 e. The van der Waals surface area contributed by atoms with Gasteiger partial charge < -0.3 is 20.3 Å². The lowest BCUT2D eigenvalue weighted by atomic mass is 9.54. The Balaban J connectivity index is 1.85. The molecule has 4 aliphatic carbocycles.